The van der Waals surface area contributed by atoms with E-state index in [1.54, 1.807) is 0 Å². The van der Waals surface area contributed by atoms with E-state index in [0.717, 1.165) is 12.4 Å². The van der Waals surface area contributed by atoms with Crippen molar-refractivity contribution in [2.45, 2.75) is 52.7 Å². The smallest absolute Gasteiger partial charge is 0.246 e. The second-order valence-corrected chi connectivity index (χ2v) is 5.43. The first-order valence-electron chi connectivity index (χ1n) is 6.75. The number of rotatable bonds is 6. The molecular formula is C14H22N4O. The van der Waals surface area contributed by atoms with Gasteiger partial charge in [-0.25, -0.2) is 0 Å². The van der Waals surface area contributed by atoms with Crippen LogP contribution in [-0.4, -0.2) is 20.7 Å². The fourth-order valence-electron chi connectivity index (χ4n) is 1.74. The van der Waals surface area contributed by atoms with Gasteiger partial charge in [-0.1, -0.05) is 32.9 Å². The summed E-state index contributed by atoms with van der Waals surface area (Å²) in [5, 5.41) is 7.36. The highest BCUT2D eigenvalue weighted by atomic mass is 16.5. The molecule has 0 saturated heterocycles. The zero-order chi connectivity index (χ0) is 13.8. The molecule has 2 rings (SSSR count). The molecule has 2 heterocycles. The molecule has 0 aliphatic carbocycles. The molecule has 19 heavy (non-hydrogen) atoms. The Morgan fingerprint density at radius 1 is 1.32 bits per heavy atom. The first-order chi connectivity index (χ1) is 9.04. The van der Waals surface area contributed by atoms with Crippen molar-refractivity contribution in [3.63, 3.8) is 0 Å². The number of hydrogen-bond acceptors (Lipinski definition) is 4. The highest BCUT2D eigenvalue weighted by Gasteiger charge is 2.10. The van der Waals surface area contributed by atoms with E-state index in [-0.39, 0.29) is 0 Å². The van der Waals surface area contributed by atoms with Crippen LogP contribution in [0.1, 0.15) is 50.9 Å². The Labute approximate surface area is 114 Å². The summed E-state index contributed by atoms with van der Waals surface area (Å²) in [6, 6.07) is 2.60. The normalized spacial score (nSPS) is 11.7. The van der Waals surface area contributed by atoms with Gasteiger partial charge < -0.3 is 14.4 Å². The SMILES string of the molecule is CC(C)NCc1ccn(Cc2nc(C(C)C)no2)c1. The predicted molar refractivity (Wildman–Crippen MR) is 73.9 cm³/mol. The number of aromatic nitrogens is 3. The van der Waals surface area contributed by atoms with Crippen molar-refractivity contribution in [1.29, 1.82) is 0 Å². The summed E-state index contributed by atoms with van der Waals surface area (Å²) in [6.07, 6.45) is 4.14. The summed E-state index contributed by atoms with van der Waals surface area (Å²) in [7, 11) is 0. The van der Waals surface area contributed by atoms with Crippen molar-refractivity contribution in [3.8, 4) is 0 Å². The van der Waals surface area contributed by atoms with Crippen molar-refractivity contribution < 1.29 is 4.52 Å². The molecule has 2 aromatic heterocycles. The van der Waals surface area contributed by atoms with Crippen molar-refractivity contribution in [3.05, 3.63) is 35.7 Å². The standard InChI is InChI=1S/C14H22N4O/c1-10(2)14-16-13(19-17-14)9-18-6-5-12(8-18)7-15-11(3)4/h5-6,8,10-11,15H,7,9H2,1-4H3. The Balaban J connectivity index is 1.95. The quantitative estimate of drug-likeness (QED) is 0.869. The van der Waals surface area contributed by atoms with Crippen LogP contribution < -0.4 is 5.32 Å². The molecule has 0 radical (unpaired) electrons. The molecule has 2 aromatic rings. The van der Waals surface area contributed by atoms with E-state index in [9.17, 15) is 0 Å². The maximum Gasteiger partial charge on any atom is 0.246 e. The van der Waals surface area contributed by atoms with Crippen LogP contribution in [0.15, 0.2) is 23.0 Å². The van der Waals surface area contributed by atoms with Crippen molar-refractivity contribution in [2.75, 3.05) is 0 Å². The Morgan fingerprint density at radius 3 is 2.74 bits per heavy atom. The summed E-state index contributed by atoms with van der Waals surface area (Å²) in [4.78, 5) is 4.37. The summed E-state index contributed by atoms with van der Waals surface area (Å²) < 4.78 is 7.30. The zero-order valence-electron chi connectivity index (χ0n) is 12.1. The van der Waals surface area contributed by atoms with E-state index in [2.05, 4.69) is 60.0 Å². The molecule has 0 amide bonds. The number of nitrogens with one attached hydrogen (secondary N) is 1. The van der Waals surface area contributed by atoms with Crippen LogP contribution in [0.5, 0.6) is 0 Å². The molecule has 5 heteroatoms. The number of hydrogen-bond donors (Lipinski definition) is 1. The highest BCUT2D eigenvalue weighted by molar-refractivity contribution is 5.11. The second-order valence-electron chi connectivity index (χ2n) is 5.43. The van der Waals surface area contributed by atoms with Crippen LogP contribution in [0.4, 0.5) is 0 Å². The van der Waals surface area contributed by atoms with Crippen LogP contribution in [0.25, 0.3) is 0 Å². The lowest BCUT2D eigenvalue weighted by Gasteiger charge is -2.05. The Hall–Kier alpha value is -1.62. The summed E-state index contributed by atoms with van der Waals surface area (Å²) in [6.45, 7) is 9.90. The van der Waals surface area contributed by atoms with E-state index in [0.29, 0.717) is 24.4 Å². The van der Waals surface area contributed by atoms with Crippen LogP contribution in [0.2, 0.25) is 0 Å². The van der Waals surface area contributed by atoms with Crippen LogP contribution in [0, 0.1) is 0 Å². The van der Waals surface area contributed by atoms with Gasteiger partial charge in [-0.3, -0.25) is 0 Å². The van der Waals surface area contributed by atoms with Gasteiger partial charge in [-0.05, 0) is 11.6 Å². The van der Waals surface area contributed by atoms with E-state index < -0.39 is 0 Å². The zero-order valence-corrected chi connectivity index (χ0v) is 12.1. The maximum atomic E-state index is 5.24. The Kier molecular flexibility index (Phi) is 4.37. The average Bonchev–Trinajstić information content (AvgIpc) is 2.96. The predicted octanol–water partition coefficient (Wildman–Crippen LogP) is 2.54. The summed E-state index contributed by atoms with van der Waals surface area (Å²) >= 11 is 0. The molecule has 0 bridgehead atoms. The van der Waals surface area contributed by atoms with Gasteiger partial charge in [0.2, 0.25) is 5.89 Å². The lowest BCUT2D eigenvalue weighted by Crippen LogP contribution is -2.21. The number of nitrogens with zero attached hydrogens (tertiary/aromatic N) is 3. The fourth-order valence-corrected chi connectivity index (χ4v) is 1.74. The third-order valence-electron chi connectivity index (χ3n) is 2.84. The third kappa shape index (κ3) is 3.92. The molecule has 0 atom stereocenters. The molecule has 0 unspecified atom stereocenters. The molecule has 1 N–H and O–H groups in total. The maximum absolute atomic E-state index is 5.24. The van der Waals surface area contributed by atoms with Gasteiger partial charge >= 0.3 is 0 Å². The minimum atomic E-state index is 0.299. The van der Waals surface area contributed by atoms with Crippen molar-refractivity contribution >= 4 is 0 Å². The Bertz CT molecular complexity index is 513. The molecule has 0 fully saturated rings. The van der Waals surface area contributed by atoms with E-state index in [1.165, 1.54) is 5.56 Å². The van der Waals surface area contributed by atoms with Gasteiger partial charge in [0.05, 0.1) is 0 Å². The molecule has 0 aliphatic rings. The molecule has 0 saturated carbocycles. The average molecular weight is 262 g/mol. The van der Waals surface area contributed by atoms with Gasteiger partial charge in [0.1, 0.15) is 6.54 Å². The third-order valence-corrected chi connectivity index (χ3v) is 2.84. The van der Waals surface area contributed by atoms with Gasteiger partial charge in [-0.2, -0.15) is 4.98 Å². The minimum Gasteiger partial charge on any atom is -0.345 e. The van der Waals surface area contributed by atoms with Gasteiger partial charge in [-0.15, -0.1) is 0 Å². The molecule has 0 aromatic carbocycles. The van der Waals surface area contributed by atoms with Gasteiger partial charge in [0, 0.05) is 30.9 Å². The first kappa shape index (κ1) is 13.8. The van der Waals surface area contributed by atoms with Crippen molar-refractivity contribution in [2.24, 2.45) is 0 Å². The highest BCUT2D eigenvalue weighted by Crippen LogP contribution is 2.11. The molecule has 0 aliphatic heterocycles. The van der Waals surface area contributed by atoms with Crippen molar-refractivity contribution in [1.82, 2.24) is 20.0 Å². The fraction of sp³-hybridized carbons (Fsp3) is 0.571. The van der Waals surface area contributed by atoms with Crippen LogP contribution in [-0.2, 0) is 13.1 Å². The van der Waals surface area contributed by atoms with E-state index in [4.69, 9.17) is 4.52 Å². The molecule has 5 nitrogen and oxygen atoms in total. The molecule has 104 valence electrons. The molecule has 0 spiro atoms. The van der Waals surface area contributed by atoms with E-state index in [1.807, 2.05) is 6.20 Å². The van der Waals surface area contributed by atoms with E-state index >= 15 is 0 Å². The second kappa shape index (κ2) is 6.02. The monoisotopic (exact) mass is 262 g/mol. The van der Waals surface area contributed by atoms with Gasteiger partial charge in [0.25, 0.3) is 0 Å². The van der Waals surface area contributed by atoms with Crippen LogP contribution in [0.3, 0.4) is 0 Å². The summed E-state index contributed by atoms with van der Waals surface area (Å²) in [5.41, 5.74) is 1.26. The first-order valence-corrected chi connectivity index (χ1v) is 6.75. The molecular weight excluding hydrogens is 240 g/mol. The van der Waals surface area contributed by atoms with Crippen LogP contribution >= 0.6 is 0 Å². The topological polar surface area (TPSA) is 55.9 Å². The lowest BCUT2D eigenvalue weighted by molar-refractivity contribution is 0.364. The lowest BCUT2D eigenvalue weighted by atomic mass is 10.2. The minimum absolute atomic E-state index is 0.299. The largest absolute Gasteiger partial charge is 0.345 e. The summed E-state index contributed by atoms with van der Waals surface area (Å²) in [5.74, 6) is 1.72. The van der Waals surface area contributed by atoms with Gasteiger partial charge in [0.15, 0.2) is 5.82 Å². The Morgan fingerprint density at radius 2 is 2.11 bits per heavy atom.